The fraction of sp³-hybridized carbons (Fsp3) is 0.312. The van der Waals surface area contributed by atoms with Gasteiger partial charge >= 0.3 is 0 Å². The molecule has 0 aromatic carbocycles. The second-order valence-electron chi connectivity index (χ2n) is 5.87. The van der Waals surface area contributed by atoms with Crippen LogP contribution >= 0.6 is 11.3 Å². The van der Waals surface area contributed by atoms with Gasteiger partial charge < -0.3 is 20.0 Å². The summed E-state index contributed by atoms with van der Waals surface area (Å²) in [5.74, 6) is 1.30. The van der Waals surface area contributed by atoms with Crippen LogP contribution in [0.3, 0.4) is 0 Å². The second kappa shape index (κ2) is 7.48. The number of carbonyl (C=O) groups excluding carboxylic acids is 1. The van der Waals surface area contributed by atoms with Crippen molar-refractivity contribution in [3.8, 4) is 0 Å². The molecule has 1 fully saturated rings. The molecule has 2 N–H and O–H groups in total. The summed E-state index contributed by atoms with van der Waals surface area (Å²) in [6.07, 6.45) is 4.35. The van der Waals surface area contributed by atoms with Gasteiger partial charge in [-0.15, -0.1) is 15.3 Å². The number of amides is 1. The summed E-state index contributed by atoms with van der Waals surface area (Å²) in [5.41, 5.74) is 0. The summed E-state index contributed by atoms with van der Waals surface area (Å²) in [6, 6.07) is 7.59. The van der Waals surface area contributed by atoms with Crippen LogP contribution in [0.5, 0.6) is 0 Å². The van der Waals surface area contributed by atoms with Gasteiger partial charge in [0.1, 0.15) is 5.76 Å². The van der Waals surface area contributed by atoms with Gasteiger partial charge in [-0.1, -0.05) is 11.3 Å². The molecule has 1 atom stereocenters. The molecule has 1 amide bonds. The van der Waals surface area contributed by atoms with E-state index in [1.54, 1.807) is 24.6 Å². The first-order valence-electron chi connectivity index (χ1n) is 8.21. The molecule has 0 spiro atoms. The fourth-order valence-electron chi connectivity index (χ4n) is 2.79. The number of aromatic nitrogens is 4. The molecule has 3 aromatic rings. The van der Waals surface area contributed by atoms with Gasteiger partial charge in [0, 0.05) is 25.3 Å². The zero-order valence-corrected chi connectivity index (χ0v) is 14.6. The minimum Gasteiger partial charge on any atom is -0.469 e. The molecule has 4 rings (SSSR count). The van der Waals surface area contributed by atoms with E-state index in [1.807, 2.05) is 12.1 Å². The highest BCUT2D eigenvalue weighted by Crippen LogP contribution is 2.24. The van der Waals surface area contributed by atoms with E-state index in [1.165, 1.54) is 11.3 Å². The molecule has 1 aliphatic rings. The fourth-order valence-corrected chi connectivity index (χ4v) is 3.53. The molecule has 0 unspecified atom stereocenters. The van der Waals surface area contributed by atoms with Gasteiger partial charge in [0.05, 0.1) is 12.7 Å². The molecule has 9 nitrogen and oxygen atoms in total. The van der Waals surface area contributed by atoms with Gasteiger partial charge in [-0.25, -0.2) is 0 Å². The standard InChI is InChI=1S/C16H17N7O2S/c24-14(9-12-3-2-8-25-12)19-16-22-21-15(26-16)18-11-5-7-23(10-11)13-4-1-6-17-20-13/h1-4,6,8,11H,5,7,9-10H2,(H,18,21)(H,19,22,24)/t11-/m1/s1. The van der Waals surface area contributed by atoms with Crippen molar-refractivity contribution < 1.29 is 9.21 Å². The number of furan rings is 1. The van der Waals surface area contributed by atoms with Crippen molar-refractivity contribution in [1.29, 1.82) is 0 Å². The monoisotopic (exact) mass is 371 g/mol. The largest absolute Gasteiger partial charge is 0.469 e. The van der Waals surface area contributed by atoms with E-state index in [-0.39, 0.29) is 18.4 Å². The molecule has 0 bridgehead atoms. The van der Waals surface area contributed by atoms with Crippen LogP contribution in [0.15, 0.2) is 41.1 Å². The summed E-state index contributed by atoms with van der Waals surface area (Å²) < 4.78 is 5.16. The Bertz CT molecular complexity index is 853. The molecule has 0 radical (unpaired) electrons. The van der Waals surface area contributed by atoms with E-state index in [4.69, 9.17) is 4.42 Å². The Morgan fingerprint density at radius 2 is 2.19 bits per heavy atom. The maximum absolute atomic E-state index is 12.0. The molecule has 0 saturated carbocycles. The van der Waals surface area contributed by atoms with Gasteiger partial charge in [-0.2, -0.15) is 5.10 Å². The summed E-state index contributed by atoms with van der Waals surface area (Å²) in [7, 11) is 0. The molecule has 1 aliphatic heterocycles. The number of hydrogen-bond acceptors (Lipinski definition) is 9. The zero-order valence-electron chi connectivity index (χ0n) is 13.8. The van der Waals surface area contributed by atoms with Crippen molar-refractivity contribution in [3.05, 3.63) is 42.5 Å². The lowest BCUT2D eigenvalue weighted by atomic mass is 10.3. The average molecular weight is 371 g/mol. The van der Waals surface area contributed by atoms with Crippen LogP contribution in [0.1, 0.15) is 12.2 Å². The van der Waals surface area contributed by atoms with Crippen molar-refractivity contribution in [2.75, 3.05) is 28.6 Å². The maximum Gasteiger partial charge on any atom is 0.233 e. The third-order valence-electron chi connectivity index (χ3n) is 3.98. The van der Waals surface area contributed by atoms with Crippen molar-refractivity contribution >= 4 is 33.3 Å². The molecule has 0 aliphatic carbocycles. The summed E-state index contributed by atoms with van der Waals surface area (Å²) in [6.45, 7) is 1.72. The Kier molecular flexibility index (Phi) is 4.73. The van der Waals surface area contributed by atoms with Crippen LogP contribution in [0.25, 0.3) is 0 Å². The van der Waals surface area contributed by atoms with Crippen molar-refractivity contribution in [1.82, 2.24) is 20.4 Å². The van der Waals surface area contributed by atoms with Crippen LogP contribution in [0, 0.1) is 0 Å². The van der Waals surface area contributed by atoms with E-state index in [2.05, 4.69) is 35.9 Å². The molecule has 10 heteroatoms. The smallest absolute Gasteiger partial charge is 0.233 e. The first kappa shape index (κ1) is 16.5. The quantitative estimate of drug-likeness (QED) is 0.675. The molecular weight excluding hydrogens is 354 g/mol. The number of anilines is 3. The van der Waals surface area contributed by atoms with E-state index >= 15 is 0 Å². The number of rotatable bonds is 6. The molecule has 3 aromatic heterocycles. The number of nitrogens with one attached hydrogen (secondary N) is 2. The number of hydrogen-bond donors (Lipinski definition) is 2. The predicted molar refractivity (Wildman–Crippen MR) is 97.2 cm³/mol. The van der Waals surface area contributed by atoms with E-state index in [0.717, 1.165) is 25.3 Å². The summed E-state index contributed by atoms with van der Waals surface area (Å²) in [4.78, 5) is 14.1. The molecule has 26 heavy (non-hydrogen) atoms. The highest BCUT2D eigenvalue weighted by atomic mass is 32.1. The maximum atomic E-state index is 12.0. The Morgan fingerprint density at radius 3 is 3.00 bits per heavy atom. The average Bonchev–Trinajstić information content (AvgIpc) is 3.39. The van der Waals surface area contributed by atoms with Crippen molar-refractivity contribution in [2.45, 2.75) is 18.9 Å². The van der Waals surface area contributed by atoms with Gasteiger partial charge in [0.15, 0.2) is 5.82 Å². The predicted octanol–water partition coefficient (Wildman–Crippen LogP) is 1.79. The highest BCUT2D eigenvalue weighted by Gasteiger charge is 2.24. The number of carbonyl (C=O) groups is 1. The minimum absolute atomic E-state index is 0.172. The first-order valence-corrected chi connectivity index (χ1v) is 9.03. The lowest BCUT2D eigenvalue weighted by Crippen LogP contribution is -2.26. The zero-order chi connectivity index (χ0) is 17.8. The van der Waals surface area contributed by atoms with Crippen LogP contribution in [0.2, 0.25) is 0 Å². The van der Waals surface area contributed by atoms with Gasteiger partial charge in [-0.3, -0.25) is 4.79 Å². The normalized spacial score (nSPS) is 16.6. The van der Waals surface area contributed by atoms with Crippen LogP contribution in [-0.4, -0.2) is 45.4 Å². The first-order chi connectivity index (χ1) is 12.8. The lowest BCUT2D eigenvalue weighted by molar-refractivity contribution is -0.115. The molecular formula is C16H17N7O2S. The third-order valence-corrected chi connectivity index (χ3v) is 4.75. The van der Waals surface area contributed by atoms with Crippen molar-refractivity contribution in [2.24, 2.45) is 0 Å². The van der Waals surface area contributed by atoms with Crippen LogP contribution < -0.4 is 15.5 Å². The van der Waals surface area contributed by atoms with Crippen LogP contribution in [-0.2, 0) is 11.2 Å². The van der Waals surface area contributed by atoms with Gasteiger partial charge in [0.25, 0.3) is 0 Å². The highest BCUT2D eigenvalue weighted by molar-refractivity contribution is 7.19. The minimum atomic E-state index is -0.183. The second-order valence-corrected chi connectivity index (χ2v) is 6.85. The SMILES string of the molecule is O=C(Cc1ccco1)Nc1nnc(N[C@@H]2CCN(c3cccnn3)C2)s1. The van der Waals surface area contributed by atoms with E-state index in [9.17, 15) is 4.79 Å². The lowest BCUT2D eigenvalue weighted by Gasteiger charge is -2.16. The third kappa shape index (κ3) is 3.97. The van der Waals surface area contributed by atoms with Gasteiger partial charge in [0.2, 0.25) is 16.2 Å². The number of nitrogens with zero attached hydrogens (tertiary/aromatic N) is 5. The topological polar surface area (TPSA) is 109 Å². The molecule has 134 valence electrons. The Morgan fingerprint density at radius 1 is 1.27 bits per heavy atom. The van der Waals surface area contributed by atoms with E-state index in [0.29, 0.717) is 16.0 Å². The molecule has 1 saturated heterocycles. The molecule has 4 heterocycles. The van der Waals surface area contributed by atoms with E-state index < -0.39 is 0 Å². The summed E-state index contributed by atoms with van der Waals surface area (Å²) in [5, 5.41) is 23.4. The van der Waals surface area contributed by atoms with Gasteiger partial charge in [-0.05, 0) is 30.7 Å². The summed E-state index contributed by atoms with van der Waals surface area (Å²) >= 11 is 1.32. The Hall–Kier alpha value is -3.01. The Balaban J connectivity index is 1.29. The van der Waals surface area contributed by atoms with Crippen molar-refractivity contribution in [3.63, 3.8) is 0 Å². The van der Waals surface area contributed by atoms with Crippen LogP contribution in [0.4, 0.5) is 16.1 Å². The Labute approximate surface area is 153 Å².